The van der Waals surface area contributed by atoms with Crippen LogP contribution in [-0.2, 0) is 18.9 Å². The molecule has 34 heavy (non-hydrogen) atoms. The normalized spacial score (nSPS) is 13.4. The van der Waals surface area contributed by atoms with E-state index in [0.29, 0.717) is 11.1 Å². The van der Waals surface area contributed by atoms with Crippen molar-refractivity contribution >= 4 is 29.5 Å². The van der Waals surface area contributed by atoms with Crippen molar-refractivity contribution in [3.05, 3.63) is 71.8 Å². The smallest absolute Gasteiger partial charge is 0.415 e. The first kappa shape index (κ1) is 27.2. The highest BCUT2D eigenvalue weighted by Crippen LogP contribution is 2.26. The van der Waals surface area contributed by atoms with Gasteiger partial charge in [0.15, 0.2) is 5.11 Å². The molecule has 2 amide bonds. The van der Waals surface area contributed by atoms with Gasteiger partial charge >= 0.3 is 12.2 Å². The van der Waals surface area contributed by atoms with Gasteiger partial charge in [-0.15, -0.1) is 0 Å². The summed E-state index contributed by atoms with van der Waals surface area (Å²) in [4.78, 5) is 24.8. The molecule has 0 aliphatic heterocycles. The first-order valence-corrected chi connectivity index (χ1v) is 11.2. The second-order valence-corrected chi connectivity index (χ2v) is 9.74. The molecule has 0 radical (unpaired) electrons. The van der Waals surface area contributed by atoms with Gasteiger partial charge in [0.25, 0.3) is 0 Å². The van der Waals surface area contributed by atoms with E-state index in [4.69, 9.17) is 31.2 Å². The number of alkyl carbamates (subject to hydrolysis) is 2. The van der Waals surface area contributed by atoms with Gasteiger partial charge in [0.05, 0.1) is 11.2 Å². The fourth-order valence-corrected chi connectivity index (χ4v) is 2.82. The Kier molecular flexibility index (Phi) is 9.55. The van der Waals surface area contributed by atoms with Crippen molar-refractivity contribution in [2.24, 2.45) is 0 Å². The first-order chi connectivity index (χ1) is 15.8. The van der Waals surface area contributed by atoms with E-state index < -0.39 is 36.0 Å². The van der Waals surface area contributed by atoms with Crippen molar-refractivity contribution in [2.45, 2.75) is 65.3 Å². The number of benzene rings is 2. The van der Waals surface area contributed by atoms with Crippen LogP contribution >= 0.6 is 12.2 Å². The average molecular weight is 489 g/mol. The second kappa shape index (κ2) is 11.9. The molecule has 0 aliphatic carbocycles. The molecular formula is C25H32N2O6S. The third-order valence-electron chi connectivity index (χ3n) is 3.92. The Morgan fingerprint density at radius 1 is 0.676 bits per heavy atom. The van der Waals surface area contributed by atoms with Crippen LogP contribution in [0.15, 0.2) is 60.7 Å². The number of ether oxygens (including phenoxy) is 4. The molecule has 0 saturated heterocycles. The number of carbonyl (C=O) groups excluding carboxylic acids is 2. The zero-order valence-electron chi connectivity index (χ0n) is 20.3. The Bertz CT molecular complexity index is 877. The Balaban J connectivity index is 1.97. The van der Waals surface area contributed by atoms with Gasteiger partial charge in [0.2, 0.25) is 12.6 Å². The Hall–Kier alpha value is -3.01. The molecule has 0 saturated carbocycles. The topological polar surface area (TPSA) is 95.1 Å². The Morgan fingerprint density at radius 3 is 1.29 bits per heavy atom. The molecule has 2 N–H and O–H groups in total. The highest BCUT2D eigenvalue weighted by atomic mass is 32.1. The molecule has 2 atom stereocenters. The number of thiocarbonyl (C=S) groups is 1. The lowest BCUT2D eigenvalue weighted by atomic mass is 10.1. The molecule has 0 fully saturated rings. The van der Waals surface area contributed by atoms with Crippen molar-refractivity contribution < 1.29 is 28.5 Å². The lowest BCUT2D eigenvalue weighted by Crippen LogP contribution is -2.44. The molecule has 9 heteroatoms. The SMILES string of the molecule is CC(C)(C)OC(OC(=O)NC(=S)NC(=O)OC(OC(C)(C)C)c1ccccc1)c1ccccc1. The average Bonchev–Trinajstić information content (AvgIpc) is 2.72. The van der Waals surface area contributed by atoms with Crippen molar-refractivity contribution in [3.8, 4) is 0 Å². The fourth-order valence-electron chi connectivity index (χ4n) is 2.65. The molecule has 2 aromatic carbocycles. The molecule has 2 rings (SSSR count). The molecule has 0 aliphatic rings. The quantitative estimate of drug-likeness (QED) is 0.395. The summed E-state index contributed by atoms with van der Waals surface area (Å²) in [5.74, 6) is 0. The first-order valence-electron chi connectivity index (χ1n) is 10.8. The molecule has 0 heterocycles. The van der Waals surface area contributed by atoms with Gasteiger partial charge in [-0.2, -0.15) is 0 Å². The van der Waals surface area contributed by atoms with Crippen LogP contribution in [0.1, 0.15) is 65.2 Å². The van der Waals surface area contributed by atoms with Crippen LogP contribution < -0.4 is 10.6 Å². The van der Waals surface area contributed by atoms with Gasteiger partial charge in [-0.25, -0.2) is 9.59 Å². The Morgan fingerprint density at radius 2 is 1.00 bits per heavy atom. The summed E-state index contributed by atoms with van der Waals surface area (Å²) in [6.45, 7) is 11.1. The number of nitrogens with one attached hydrogen (secondary N) is 2. The van der Waals surface area contributed by atoms with E-state index in [-0.39, 0.29) is 5.11 Å². The summed E-state index contributed by atoms with van der Waals surface area (Å²) in [5.41, 5.74) is 0.137. The van der Waals surface area contributed by atoms with Crippen LogP contribution in [-0.4, -0.2) is 28.5 Å². The van der Waals surface area contributed by atoms with E-state index in [1.807, 2.05) is 53.7 Å². The summed E-state index contributed by atoms with van der Waals surface area (Å²) in [6.07, 6.45) is -3.74. The largest absolute Gasteiger partial charge is 0.416 e. The van der Waals surface area contributed by atoms with Crippen LogP contribution in [0, 0.1) is 0 Å². The minimum atomic E-state index is -0.974. The predicted octanol–water partition coefficient (Wildman–Crippen LogP) is 5.75. The second-order valence-electron chi connectivity index (χ2n) is 9.34. The van der Waals surface area contributed by atoms with E-state index in [1.54, 1.807) is 48.5 Å². The van der Waals surface area contributed by atoms with Crippen LogP contribution in [0.5, 0.6) is 0 Å². The van der Waals surface area contributed by atoms with Gasteiger partial charge in [-0.05, 0) is 53.8 Å². The monoisotopic (exact) mass is 488 g/mol. The maximum atomic E-state index is 12.4. The van der Waals surface area contributed by atoms with Gasteiger partial charge in [-0.3, -0.25) is 10.6 Å². The highest BCUT2D eigenvalue weighted by Gasteiger charge is 2.26. The van der Waals surface area contributed by atoms with Crippen molar-refractivity contribution in [1.29, 1.82) is 0 Å². The summed E-state index contributed by atoms with van der Waals surface area (Å²) < 4.78 is 22.5. The number of carbonyl (C=O) groups is 2. The summed E-state index contributed by atoms with van der Waals surface area (Å²) in [6, 6.07) is 18.0. The Labute approximate surface area is 205 Å². The summed E-state index contributed by atoms with van der Waals surface area (Å²) >= 11 is 5.06. The van der Waals surface area contributed by atoms with Crippen molar-refractivity contribution in [2.75, 3.05) is 0 Å². The molecule has 0 spiro atoms. The fraction of sp³-hybridized carbons (Fsp3) is 0.400. The summed E-state index contributed by atoms with van der Waals surface area (Å²) in [5, 5.41) is 4.30. The predicted molar refractivity (Wildman–Crippen MR) is 132 cm³/mol. The molecule has 2 aromatic rings. The molecule has 0 aromatic heterocycles. The number of hydrogen-bond acceptors (Lipinski definition) is 7. The lowest BCUT2D eigenvalue weighted by Gasteiger charge is -2.28. The maximum absolute atomic E-state index is 12.4. The van der Waals surface area contributed by atoms with Gasteiger partial charge in [0, 0.05) is 11.1 Å². The third-order valence-corrected chi connectivity index (χ3v) is 4.13. The highest BCUT2D eigenvalue weighted by molar-refractivity contribution is 7.80. The minimum absolute atomic E-state index is 0.292. The van der Waals surface area contributed by atoms with E-state index in [2.05, 4.69) is 10.6 Å². The summed E-state index contributed by atoms with van der Waals surface area (Å²) in [7, 11) is 0. The zero-order chi connectivity index (χ0) is 25.4. The van der Waals surface area contributed by atoms with Crippen LogP contribution in [0.25, 0.3) is 0 Å². The number of hydrogen-bond donors (Lipinski definition) is 2. The molecule has 8 nitrogen and oxygen atoms in total. The van der Waals surface area contributed by atoms with Gasteiger partial charge in [0.1, 0.15) is 0 Å². The lowest BCUT2D eigenvalue weighted by molar-refractivity contribution is -0.169. The van der Waals surface area contributed by atoms with Crippen molar-refractivity contribution in [3.63, 3.8) is 0 Å². The molecule has 184 valence electrons. The van der Waals surface area contributed by atoms with Crippen LogP contribution in [0.4, 0.5) is 9.59 Å². The van der Waals surface area contributed by atoms with Gasteiger partial charge in [-0.1, -0.05) is 60.7 Å². The molecular weight excluding hydrogens is 456 g/mol. The zero-order valence-corrected chi connectivity index (χ0v) is 21.1. The standard InChI is InChI=1S/C25H32N2O6S/c1-24(2,3)32-19(17-13-9-7-10-14-17)30-22(28)26-21(34)27-23(29)31-20(33-25(4,5)6)18-15-11-8-12-16-18/h7-16,19-20H,1-6H3,(H2,26,27,28,29,34). The van der Waals surface area contributed by atoms with Crippen LogP contribution in [0.3, 0.4) is 0 Å². The van der Waals surface area contributed by atoms with E-state index >= 15 is 0 Å². The third kappa shape index (κ3) is 10.3. The molecule has 2 unspecified atom stereocenters. The number of rotatable bonds is 6. The van der Waals surface area contributed by atoms with E-state index in [9.17, 15) is 9.59 Å². The van der Waals surface area contributed by atoms with Crippen molar-refractivity contribution in [1.82, 2.24) is 10.6 Å². The maximum Gasteiger partial charge on any atom is 0.416 e. The van der Waals surface area contributed by atoms with E-state index in [1.165, 1.54) is 0 Å². The van der Waals surface area contributed by atoms with Crippen LogP contribution in [0.2, 0.25) is 0 Å². The molecule has 0 bridgehead atoms. The minimum Gasteiger partial charge on any atom is -0.415 e. The van der Waals surface area contributed by atoms with Gasteiger partial charge < -0.3 is 18.9 Å². The van der Waals surface area contributed by atoms with E-state index in [0.717, 1.165) is 0 Å². The number of amides is 2.